The number of hydrogen-bond donors (Lipinski definition) is 3. The van der Waals surface area contributed by atoms with E-state index in [0.29, 0.717) is 21.7 Å². The highest BCUT2D eigenvalue weighted by Gasteiger charge is 2.70. The lowest BCUT2D eigenvalue weighted by Crippen LogP contribution is -2.53. The van der Waals surface area contributed by atoms with E-state index in [0.717, 1.165) is 5.01 Å². The van der Waals surface area contributed by atoms with Crippen molar-refractivity contribution in [1.82, 2.24) is 10.1 Å². The van der Waals surface area contributed by atoms with Crippen molar-refractivity contribution in [3.63, 3.8) is 0 Å². The summed E-state index contributed by atoms with van der Waals surface area (Å²) in [5.74, 6) is -7.96. The molecule has 4 aliphatic rings. The maximum Gasteiger partial charge on any atom is 0.260 e. The predicted octanol–water partition coefficient (Wildman–Crippen LogP) is 4.58. The van der Waals surface area contributed by atoms with Gasteiger partial charge in [-0.3, -0.25) is 29.8 Å². The smallest absolute Gasteiger partial charge is 0.260 e. The van der Waals surface area contributed by atoms with Gasteiger partial charge in [-0.2, -0.15) is 10.1 Å². The summed E-state index contributed by atoms with van der Waals surface area (Å²) < 4.78 is 24.7. The van der Waals surface area contributed by atoms with Crippen LogP contribution in [0.15, 0.2) is 72.3 Å². The van der Waals surface area contributed by atoms with Gasteiger partial charge in [-0.05, 0) is 78.4 Å². The molecule has 7 rings (SSSR count). The first-order valence-corrected chi connectivity index (χ1v) is 15.3. The zero-order valence-electron chi connectivity index (χ0n) is 25.1. The third-order valence-electron chi connectivity index (χ3n) is 10.1. The minimum Gasteiger partial charge on any atom is -0.502 e. The Labute approximate surface area is 273 Å². The van der Waals surface area contributed by atoms with Gasteiger partial charge in [-0.25, -0.2) is 4.39 Å². The zero-order valence-corrected chi connectivity index (χ0v) is 25.9. The Kier molecular flexibility index (Phi) is 7.25. The van der Waals surface area contributed by atoms with E-state index in [9.17, 15) is 29.1 Å². The van der Waals surface area contributed by atoms with E-state index in [1.54, 1.807) is 36.4 Å². The summed E-state index contributed by atoms with van der Waals surface area (Å²) in [5.41, 5.74) is 3.04. The van der Waals surface area contributed by atoms with Gasteiger partial charge in [0.05, 0.1) is 43.1 Å². The molecular weight excluding hydrogens is 633 g/mol. The number of hydroxylamine groups is 2. The average Bonchev–Trinajstić information content (AvgIpc) is 3.42. The van der Waals surface area contributed by atoms with Crippen LogP contribution in [0.5, 0.6) is 17.2 Å². The first-order valence-electron chi connectivity index (χ1n) is 14.9. The summed E-state index contributed by atoms with van der Waals surface area (Å²) >= 11 is 6.29. The number of allylic oxidation sites excluding steroid dienone is 2. The van der Waals surface area contributed by atoms with Crippen LogP contribution in [-0.4, -0.2) is 58.2 Å². The molecule has 2 heterocycles. The van der Waals surface area contributed by atoms with Gasteiger partial charge in [0.15, 0.2) is 11.5 Å². The highest BCUT2D eigenvalue weighted by molar-refractivity contribution is 6.30. The lowest BCUT2D eigenvalue weighted by molar-refractivity contribution is -0.173. The van der Waals surface area contributed by atoms with Crippen LogP contribution in [0.4, 0.5) is 10.1 Å². The number of phenolic OH excluding ortho intramolecular Hbond substituents is 1. The van der Waals surface area contributed by atoms with Gasteiger partial charge in [0.25, 0.3) is 23.6 Å². The molecule has 0 unspecified atom stereocenters. The second-order valence-corrected chi connectivity index (χ2v) is 12.6. The molecule has 3 N–H and O–H groups in total. The van der Waals surface area contributed by atoms with Crippen LogP contribution < -0.4 is 14.9 Å². The molecule has 11 nitrogen and oxygen atoms in total. The van der Waals surface area contributed by atoms with Crippen molar-refractivity contribution in [2.24, 2.45) is 23.7 Å². The molecule has 242 valence electrons. The van der Waals surface area contributed by atoms with Crippen molar-refractivity contribution >= 4 is 40.9 Å². The van der Waals surface area contributed by atoms with Gasteiger partial charge in [-0.1, -0.05) is 35.4 Å². The fourth-order valence-corrected chi connectivity index (χ4v) is 8.22. The Morgan fingerprint density at radius 3 is 2.17 bits per heavy atom. The number of methoxy groups -OCH3 is 2. The number of fused-ring (bicyclic) bond motifs is 4. The lowest BCUT2D eigenvalue weighted by atomic mass is 9.49. The molecule has 3 aromatic carbocycles. The van der Waals surface area contributed by atoms with Crippen LogP contribution in [0.3, 0.4) is 0 Å². The molecule has 2 aliphatic heterocycles. The predicted molar refractivity (Wildman–Crippen MR) is 164 cm³/mol. The number of carbonyl (C=O) groups excluding carboxylic acids is 4. The minimum absolute atomic E-state index is 0.00247. The Bertz CT molecular complexity index is 1840. The second kappa shape index (κ2) is 11.1. The van der Waals surface area contributed by atoms with Gasteiger partial charge < -0.3 is 14.6 Å². The number of imide groups is 2. The third-order valence-corrected chi connectivity index (χ3v) is 10.3. The van der Waals surface area contributed by atoms with Crippen LogP contribution in [0, 0.1) is 29.5 Å². The molecule has 0 spiro atoms. The largest absolute Gasteiger partial charge is 0.502 e. The number of nitrogens with zero attached hydrogens (tertiary/aromatic N) is 2. The summed E-state index contributed by atoms with van der Waals surface area (Å²) in [6.45, 7) is 0. The molecule has 47 heavy (non-hydrogen) atoms. The quantitative estimate of drug-likeness (QED) is 0.196. The van der Waals surface area contributed by atoms with Gasteiger partial charge in [0, 0.05) is 10.9 Å². The highest BCUT2D eigenvalue weighted by atomic mass is 35.5. The van der Waals surface area contributed by atoms with Crippen molar-refractivity contribution < 1.29 is 43.4 Å². The van der Waals surface area contributed by atoms with E-state index in [4.69, 9.17) is 21.1 Å². The fourth-order valence-electron chi connectivity index (χ4n) is 8.09. The lowest BCUT2D eigenvalue weighted by Gasteiger charge is -2.50. The molecule has 3 aromatic rings. The van der Waals surface area contributed by atoms with Crippen LogP contribution >= 0.6 is 11.6 Å². The van der Waals surface area contributed by atoms with Crippen molar-refractivity contribution in [2.45, 2.75) is 24.2 Å². The summed E-state index contributed by atoms with van der Waals surface area (Å²) in [5, 5.41) is 22.7. The number of carbonyl (C=O) groups is 4. The maximum atomic E-state index is 15.1. The summed E-state index contributed by atoms with van der Waals surface area (Å²) in [6, 6.07) is 14.9. The molecule has 6 atom stereocenters. The van der Waals surface area contributed by atoms with Crippen molar-refractivity contribution in [1.29, 1.82) is 0 Å². The van der Waals surface area contributed by atoms with Crippen molar-refractivity contribution in [3.05, 3.63) is 94.3 Å². The standard InChI is InChI=1S/C34H29ClFN3O8/c1-46-25-13-16(14-26(47-2)29(25)40)28-21-11-12-22-27(32(43)39(45)30(22)41)23(21)15-24-31(42)38(37-20-9-7-19(36)8-10-20)33(44)34(24,28)17-3-5-18(35)6-4-17/h3-11,13-14,22-24,27-28,37,40,45H,12,15H2,1-2H3/t22-,23+,24-,27-,28-,34+/m0/s1. The minimum atomic E-state index is -1.64. The average molecular weight is 662 g/mol. The number of benzene rings is 3. The number of rotatable bonds is 6. The van der Waals surface area contributed by atoms with E-state index in [2.05, 4.69) is 5.43 Å². The number of nitrogens with one attached hydrogen (secondary N) is 1. The van der Waals surface area contributed by atoms with E-state index in [1.165, 1.54) is 38.5 Å². The normalized spacial score (nSPS) is 28.1. The summed E-state index contributed by atoms with van der Waals surface area (Å²) in [4.78, 5) is 55.9. The fraction of sp³-hybridized carbons (Fsp3) is 0.294. The van der Waals surface area contributed by atoms with Gasteiger partial charge in [0.2, 0.25) is 5.75 Å². The Morgan fingerprint density at radius 1 is 0.915 bits per heavy atom. The van der Waals surface area contributed by atoms with Crippen LogP contribution in [0.25, 0.3) is 0 Å². The van der Waals surface area contributed by atoms with Gasteiger partial charge in [-0.15, -0.1) is 0 Å². The van der Waals surface area contributed by atoms with Crippen molar-refractivity contribution in [2.75, 3.05) is 19.6 Å². The number of phenols is 1. The van der Waals surface area contributed by atoms with Gasteiger partial charge in [0.1, 0.15) is 5.82 Å². The van der Waals surface area contributed by atoms with E-state index >= 15 is 4.79 Å². The summed E-state index contributed by atoms with van der Waals surface area (Å²) in [7, 11) is 2.73. The SMILES string of the molecule is COc1cc([C@H]2C3=CC[C@@H]4C(=O)N(O)C(=O)[C@@H]4[C@@H]3C[C@H]3C(=O)N(Nc4ccc(F)cc4)C(=O)[C@@]23c2ccc(Cl)cc2)cc(OC)c1O. The number of aromatic hydroxyl groups is 1. The third kappa shape index (κ3) is 4.35. The first-order chi connectivity index (χ1) is 22.5. The van der Waals surface area contributed by atoms with Crippen LogP contribution in [0.1, 0.15) is 29.9 Å². The molecule has 0 radical (unpaired) electrons. The molecule has 0 aromatic heterocycles. The Balaban J connectivity index is 1.50. The molecule has 1 saturated carbocycles. The number of ether oxygens (including phenoxy) is 2. The molecule has 2 saturated heterocycles. The topological polar surface area (TPSA) is 146 Å². The van der Waals surface area contributed by atoms with E-state index < -0.39 is 64.5 Å². The Morgan fingerprint density at radius 2 is 1.55 bits per heavy atom. The zero-order chi connectivity index (χ0) is 33.4. The second-order valence-electron chi connectivity index (χ2n) is 12.1. The highest BCUT2D eigenvalue weighted by Crippen LogP contribution is 2.64. The van der Waals surface area contributed by atoms with Crippen LogP contribution in [0.2, 0.25) is 5.02 Å². The molecule has 3 fully saturated rings. The number of hydrogen-bond acceptors (Lipinski definition) is 9. The molecule has 0 bridgehead atoms. The van der Waals surface area contributed by atoms with E-state index in [-0.39, 0.29) is 40.8 Å². The van der Waals surface area contributed by atoms with Crippen molar-refractivity contribution in [3.8, 4) is 17.2 Å². The van der Waals surface area contributed by atoms with Crippen LogP contribution in [-0.2, 0) is 24.6 Å². The molecule has 13 heteroatoms. The number of halogens is 2. The Hall–Kier alpha value is -4.94. The number of hydrazine groups is 1. The van der Waals surface area contributed by atoms with E-state index in [1.807, 2.05) is 6.08 Å². The monoisotopic (exact) mass is 661 g/mol. The molecule has 2 aliphatic carbocycles. The maximum absolute atomic E-state index is 15.1. The first kappa shape index (κ1) is 30.7. The molecular formula is C34H29ClFN3O8. The summed E-state index contributed by atoms with van der Waals surface area (Å²) in [6.07, 6.45) is 1.92. The molecule has 4 amide bonds. The van der Waals surface area contributed by atoms with Gasteiger partial charge >= 0.3 is 0 Å². The number of amides is 4. The number of anilines is 1.